The van der Waals surface area contributed by atoms with Gasteiger partial charge in [-0.3, -0.25) is 0 Å². The number of rotatable bonds is 2. The van der Waals surface area contributed by atoms with Gasteiger partial charge in [-0.1, -0.05) is 6.07 Å². The second-order valence-corrected chi connectivity index (χ2v) is 2.79. The van der Waals surface area contributed by atoms with Gasteiger partial charge >= 0.3 is 11.9 Å². The maximum atomic E-state index is 11.3. The highest BCUT2D eigenvalue weighted by atomic mass is 16.5. The zero-order valence-corrected chi connectivity index (χ0v) is 8.44. The lowest BCUT2D eigenvalue weighted by atomic mass is 10.0. The van der Waals surface area contributed by atoms with Crippen LogP contribution in [0.15, 0.2) is 18.2 Å². The molecular formula is C11H10O4. The molecule has 78 valence electrons. The third-order valence-electron chi connectivity index (χ3n) is 1.85. The fraction of sp³-hybridized carbons (Fsp3) is 0.182. The number of hydrogen-bond acceptors (Lipinski definition) is 4. The molecule has 0 saturated carbocycles. The van der Waals surface area contributed by atoms with Gasteiger partial charge in [0.15, 0.2) is 0 Å². The van der Waals surface area contributed by atoms with E-state index in [4.69, 9.17) is 6.92 Å². The van der Waals surface area contributed by atoms with E-state index in [2.05, 4.69) is 9.47 Å². The van der Waals surface area contributed by atoms with Crippen LogP contribution in [0.4, 0.5) is 0 Å². The maximum Gasteiger partial charge on any atom is 0.338 e. The van der Waals surface area contributed by atoms with Crippen molar-refractivity contribution in [3.63, 3.8) is 0 Å². The van der Waals surface area contributed by atoms with Crippen LogP contribution in [0.1, 0.15) is 26.3 Å². The molecule has 0 aliphatic rings. The SMILES string of the molecule is [CH]c1ccc(C(=O)OC)c(C(=O)OC)c1. The van der Waals surface area contributed by atoms with Crippen molar-refractivity contribution in [1.82, 2.24) is 0 Å². The van der Waals surface area contributed by atoms with Crippen molar-refractivity contribution in [1.29, 1.82) is 0 Å². The van der Waals surface area contributed by atoms with Crippen molar-refractivity contribution in [3.05, 3.63) is 41.8 Å². The molecule has 0 bridgehead atoms. The average molecular weight is 206 g/mol. The van der Waals surface area contributed by atoms with Crippen LogP contribution in [0.5, 0.6) is 0 Å². The molecule has 0 spiro atoms. The number of esters is 2. The topological polar surface area (TPSA) is 52.6 Å². The third kappa shape index (κ3) is 2.34. The predicted octanol–water partition coefficient (Wildman–Crippen LogP) is 1.32. The maximum absolute atomic E-state index is 11.3. The first-order valence-electron chi connectivity index (χ1n) is 4.16. The molecule has 0 atom stereocenters. The predicted molar refractivity (Wildman–Crippen MR) is 52.5 cm³/mol. The third-order valence-corrected chi connectivity index (χ3v) is 1.85. The van der Waals surface area contributed by atoms with E-state index in [0.717, 1.165) is 0 Å². The molecule has 0 heterocycles. The van der Waals surface area contributed by atoms with E-state index < -0.39 is 11.9 Å². The minimum atomic E-state index is -0.623. The lowest BCUT2D eigenvalue weighted by Crippen LogP contribution is -2.11. The van der Waals surface area contributed by atoms with E-state index in [-0.39, 0.29) is 11.1 Å². The Labute approximate surface area is 87.8 Å². The fourth-order valence-electron chi connectivity index (χ4n) is 1.13. The Bertz CT molecular complexity index is 396. The van der Waals surface area contributed by atoms with Gasteiger partial charge < -0.3 is 9.47 Å². The molecule has 2 radical (unpaired) electrons. The monoisotopic (exact) mass is 206 g/mol. The Morgan fingerprint density at radius 3 is 2.13 bits per heavy atom. The Morgan fingerprint density at radius 2 is 1.60 bits per heavy atom. The van der Waals surface area contributed by atoms with Crippen molar-refractivity contribution in [2.24, 2.45) is 0 Å². The molecule has 0 amide bonds. The molecule has 0 aliphatic carbocycles. The van der Waals surface area contributed by atoms with Crippen LogP contribution in [0.2, 0.25) is 0 Å². The van der Waals surface area contributed by atoms with Gasteiger partial charge in [0.25, 0.3) is 0 Å². The summed E-state index contributed by atoms with van der Waals surface area (Å²) in [6.07, 6.45) is 0. The minimum absolute atomic E-state index is 0.101. The number of hydrogen-bond donors (Lipinski definition) is 0. The van der Waals surface area contributed by atoms with Crippen molar-refractivity contribution >= 4 is 11.9 Å². The van der Waals surface area contributed by atoms with Gasteiger partial charge in [-0.2, -0.15) is 0 Å². The summed E-state index contributed by atoms with van der Waals surface area (Å²) < 4.78 is 9.05. The Morgan fingerprint density at radius 1 is 1.07 bits per heavy atom. The summed E-state index contributed by atoms with van der Waals surface area (Å²) in [5.41, 5.74) is 0.617. The summed E-state index contributed by atoms with van der Waals surface area (Å²) in [6, 6.07) is 4.31. The van der Waals surface area contributed by atoms with Crippen LogP contribution in [-0.2, 0) is 9.47 Å². The molecule has 1 rings (SSSR count). The lowest BCUT2D eigenvalue weighted by Gasteiger charge is -2.06. The molecule has 0 aromatic heterocycles. The molecule has 0 saturated heterocycles. The molecule has 4 heteroatoms. The van der Waals surface area contributed by atoms with Gasteiger partial charge in [-0.05, 0) is 24.6 Å². The zero-order chi connectivity index (χ0) is 11.4. The normalized spacial score (nSPS) is 9.53. The van der Waals surface area contributed by atoms with Crippen LogP contribution in [0.25, 0.3) is 0 Å². The first-order valence-corrected chi connectivity index (χ1v) is 4.16. The van der Waals surface area contributed by atoms with Crippen molar-refractivity contribution in [2.45, 2.75) is 0 Å². The second kappa shape index (κ2) is 4.59. The fourth-order valence-corrected chi connectivity index (χ4v) is 1.13. The minimum Gasteiger partial charge on any atom is -0.465 e. The highest BCUT2D eigenvalue weighted by Gasteiger charge is 2.17. The standard InChI is InChI=1S/C11H10O4/c1-7-4-5-8(10(12)14-2)9(6-7)11(13)15-3/h1,4-6H,2-3H3. The van der Waals surface area contributed by atoms with Gasteiger partial charge in [0.1, 0.15) is 0 Å². The molecular weight excluding hydrogens is 196 g/mol. The van der Waals surface area contributed by atoms with Gasteiger partial charge in [-0.25, -0.2) is 9.59 Å². The summed E-state index contributed by atoms with van der Waals surface area (Å²) in [5, 5.41) is 0. The number of ether oxygens (including phenoxy) is 2. The zero-order valence-electron chi connectivity index (χ0n) is 8.44. The summed E-state index contributed by atoms with van der Waals surface area (Å²) in [6.45, 7) is 5.50. The van der Waals surface area contributed by atoms with Gasteiger partial charge in [0.2, 0.25) is 0 Å². The Balaban J connectivity index is 3.26. The number of carbonyl (C=O) groups is 2. The number of methoxy groups -OCH3 is 2. The molecule has 0 N–H and O–H groups in total. The Kier molecular flexibility index (Phi) is 3.44. The van der Waals surface area contributed by atoms with Crippen LogP contribution in [0.3, 0.4) is 0 Å². The molecule has 0 unspecified atom stereocenters. The molecule has 1 aromatic rings. The van der Waals surface area contributed by atoms with Crippen molar-refractivity contribution in [3.8, 4) is 0 Å². The molecule has 15 heavy (non-hydrogen) atoms. The smallest absolute Gasteiger partial charge is 0.338 e. The van der Waals surface area contributed by atoms with Crippen LogP contribution >= 0.6 is 0 Å². The van der Waals surface area contributed by atoms with Crippen LogP contribution in [0, 0.1) is 6.92 Å². The van der Waals surface area contributed by atoms with Gasteiger partial charge in [-0.15, -0.1) is 0 Å². The van der Waals surface area contributed by atoms with E-state index in [9.17, 15) is 9.59 Å². The summed E-state index contributed by atoms with van der Waals surface area (Å²) in [7, 11) is 2.46. The molecule has 4 nitrogen and oxygen atoms in total. The summed E-state index contributed by atoms with van der Waals surface area (Å²) in [4.78, 5) is 22.6. The van der Waals surface area contributed by atoms with E-state index in [0.29, 0.717) is 5.56 Å². The summed E-state index contributed by atoms with van der Waals surface area (Å²) in [5.74, 6) is -1.22. The molecule has 0 aliphatic heterocycles. The van der Waals surface area contributed by atoms with Crippen molar-refractivity contribution in [2.75, 3.05) is 14.2 Å². The second-order valence-electron chi connectivity index (χ2n) is 2.79. The first kappa shape index (κ1) is 11.2. The van der Waals surface area contributed by atoms with E-state index in [1.165, 1.54) is 32.4 Å². The van der Waals surface area contributed by atoms with Gasteiger partial charge in [0, 0.05) is 0 Å². The highest BCUT2D eigenvalue weighted by Crippen LogP contribution is 2.14. The largest absolute Gasteiger partial charge is 0.465 e. The quantitative estimate of drug-likeness (QED) is 0.685. The first-order chi connectivity index (χ1) is 7.10. The average Bonchev–Trinajstić information content (AvgIpc) is 2.26. The van der Waals surface area contributed by atoms with E-state index in [1.54, 1.807) is 0 Å². The van der Waals surface area contributed by atoms with Crippen LogP contribution in [-0.4, -0.2) is 26.2 Å². The van der Waals surface area contributed by atoms with E-state index in [1.807, 2.05) is 0 Å². The number of benzene rings is 1. The summed E-state index contributed by atoms with van der Waals surface area (Å²) >= 11 is 0. The van der Waals surface area contributed by atoms with Gasteiger partial charge in [0.05, 0.1) is 25.3 Å². The lowest BCUT2D eigenvalue weighted by molar-refractivity contribution is 0.0555. The van der Waals surface area contributed by atoms with E-state index >= 15 is 0 Å². The van der Waals surface area contributed by atoms with Crippen LogP contribution < -0.4 is 0 Å². The Hall–Kier alpha value is -1.84. The highest BCUT2D eigenvalue weighted by molar-refractivity contribution is 6.03. The molecule has 0 fully saturated rings. The van der Waals surface area contributed by atoms with Crippen molar-refractivity contribution < 1.29 is 19.1 Å². The number of carbonyl (C=O) groups excluding carboxylic acids is 2. The molecule has 1 aromatic carbocycles.